The van der Waals surface area contributed by atoms with Crippen molar-refractivity contribution < 1.29 is 19.1 Å². The lowest BCUT2D eigenvalue weighted by atomic mass is 9.78. The number of anilines is 1. The lowest BCUT2D eigenvalue weighted by Crippen LogP contribution is -2.48. The van der Waals surface area contributed by atoms with Crippen molar-refractivity contribution in [1.82, 2.24) is 5.43 Å². The Bertz CT molecular complexity index is 1010. The first kappa shape index (κ1) is 17.9. The Morgan fingerprint density at radius 3 is 2.18 bits per heavy atom. The first-order chi connectivity index (χ1) is 13.4. The molecule has 7 heteroatoms. The predicted octanol–water partition coefficient (Wildman–Crippen LogP) is 1.82. The van der Waals surface area contributed by atoms with E-state index in [1.54, 1.807) is 24.3 Å². The number of imide groups is 1. The number of benzene rings is 2. The second-order valence-electron chi connectivity index (χ2n) is 7.02. The summed E-state index contributed by atoms with van der Waals surface area (Å²) in [5.74, 6) is -2.82. The van der Waals surface area contributed by atoms with Crippen molar-refractivity contribution in [1.29, 1.82) is 0 Å². The van der Waals surface area contributed by atoms with Crippen molar-refractivity contribution in [3.63, 3.8) is 0 Å². The third kappa shape index (κ3) is 2.36. The quantitative estimate of drug-likeness (QED) is 0.651. The molecule has 4 rings (SSSR count). The molecular formula is C21H19N3O4. The Labute approximate surface area is 162 Å². The van der Waals surface area contributed by atoms with E-state index in [9.17, 15) is 14.4 Å². The number of ether oxygens (including phenoxy) is 1. The molecule has 0 aliphatic carbocycles. The molecule has 7 nitrogen and oxygen atoms in total. The summed E-state index contributed by atoms with van der Waals surface area (Å²) >= 11 is 0. The Kier molecular flexibility index (Phi) is 4.03. The second kappa shape index (κ2) is 6.30. The van der Waals surface area contributed by atoms with E-state index in [0.717, 1.165) is 16.0 Å². The number of methoxy groups -OCH3 is 1. The molecular weight excluding hydrogens is 358 g/mol. The summed E-state index contributed by atoms with van der Waals surface area (Å²) < 4.78 is 4.79. The molecule has 0 saturated carbocycles. The number of aryl methyl sites for hydroxylation is 2. The minimum absolute atomic E-state index is 0.101. The highest BCUT2D eigenvalue weighted by Crippen LogP contribution is 2.45. The fraction of sp³-hybridized carbons (Fsp3) is 0.238. The standard InChI is InChI=1S/C21H19N3O4/c1-12-4-8-14(9-5-12)21-16(17(22-23-21)19(26)28-3)18(25)24(20(21)27)15-10-6-13(2)7-11-15/h4-11,16,23H,1-3H3/t16-,21+/m0/s1. The Morgan fingerprint density at radius 2 is 1.61 bits per heavy atom. The maximum atomic E-state index is 13.6. The maximum absolute atomic E-state index is 13.6. The molecule has 2 aliphatic rings. The van der Waals surface area contributed by atoms with Gasteiger partial charge >= 0.3 is 5.97 Å². The van der Waals surface area contributed by atoms with Crippen LogP contribution in [-0.2, 0) is 24.7 Å². The number of carbonyl (C=O) groups excluding carboxylic acids is 3. The van der Waals surface area contributed by atoms with E-state index < -0.39 is 29.2 Å². The Morgan fingerprint density at radius 1 is 1.04 bits per heavy atom. The fourth-order valence-electron chi connectivity index (χ4n) is 3.74. The molecule has 1 saturated heterocycles. The van der Waals surface area contributed by atoms with E-state index >= 15 is 0 Å². The van der Waals surface area contributed by atoms with Gasteiger partial charge in [-0.15, -0.1) is 0 Å². The summed E-state index contributed by atoms with van der Waals surface area (Å²) in [4.78, 5) is 40.3. The van der Waals surface area contributed by atoms with Gasteiger partial charge in [-0.1, -0.05) is 47.5 Å². The first-order valence-electron chi connectivity index (χ1n) is 8.85. The van der Waals surface area contributed by atoms with Crippen LogP contribution in [0.2, 0.25) is 0 Å². The summed E-state index contributed by atoms with van der Waals surface area (Å²) in [6.45, 7) is 3.85. The van der Waals surface area contributed by atoms with Crippen molar-refractivity contribution in [3.8, 4) is 0 Å². The monoisotopic (exact) mass is 377 g/mol. The third-order valence-corrected chi connectivity index (χ3v) is 5.26. The Hall–Kier alpha value is -3.48. The molecule has 1 N–H and O–H groups in total. The van der Waals surface area contributed by atoms with Crippen molar-refractivity contribution >= 4 is 29.2 Å². The van der Waals surface area contributed by atoms with Gasteiger partial charge in [0, 0.05) is 0 Å². The van der Waals surface area contributed by atoms with E-state index in [2.05, 4.69) is 10.5 Å². The van der Waals surface area contributed by atoms with Crippen LogP contribution in [0.1, 0.15) is 16.7 Å². The van der Waals surface area contributed by atoms with Gasteiger partial charge in [0.25, 0.3) is 5.91 Å². The summed E-state index contributed by atoms with van der Waals surface area (Å²) in [5.41, 5.74) is 4.26. The molecule has 0 aromatic heterocycles. The predicted molar refractivity (Wildman–Crippen MR) is 103 cm³/mol. The number of hydrogen-bond donors (Lipinski definition) is 1. The van der Waals surface area contributed by atoms with Crippen LogP contribution in [0, 0.1) is 19.8 Å². The van der Waals surface area contributed by atoms with E-state index in [-0.39, 0.29) is 5.71 Å². The molecule has 2 atom stereocenters. The molecule has 0 radical (unpaired) electrons. The van der Waals surface area contributed by atoms with Crippen LogP contribution in [0.3, 0.4) is 0 Å². The Balaban J connectivity index is 1.88. The number of amides is 2. The molecule has 2 aromatic carbocycles. The van der Waals surface area contributed by atoms with E-state index in [1.807, 2.05) is 38.1 Å². The molecule has 0 unspecified atom stereocenters. The molecule has 2 heterocycles. The molecule has 2 aliphatic heterocycles. The zero-order valence-electron chi connectivity index (χ0n) is 15.7. The zero-order chi connectivity index (χ0) is 20.1. The van der Waals surface area contributed by atoms with Gasteiger partial charge in [-0.3, -0.25) is 15.0 Å². The van der Waals surface area contributed by atoms with Gasteiger partial charge in [0.05, 0.1) is 12.8 Å². The molecule has 1 fully saturated rings. The minimum atomic E-state index is -1.47. The van der Waals surface area contributed by atoms with Crippen LogP contribution in [0.4, 0.5) is 5.69 Å². The average Bonchev–Trinajstić information content (AvgIpc) is 3.19. The number of carbonyl (C=O) groups is 3. The van der Waals surface area contributed by atoms with Crippen LogP contribution in [0.5, 0.6) is 0 Å². The molecule has 28 heavy (non-hydrogen) atoms. The number of nitrogens with zero attached hydrogens (tertiary/aromatic N) is 2. The van der Waals surface area contributed by atoms with Crippen LogP contribution in [0.15, 0.2) is 53.6 Å². The summed E-state index contributed by atoms with van der Waals surface area (Å²) in [6, 6.07) is 14.3. The molecule has 0 bridgehead atoms. The number of fused-ring (bicyclic) bond motifs is 1. The van der Waals surface area contributed by atoms with Crippen molar-refractivity contribution in [2.45, 2.75) is 19.4 Å². The SMILES string of the molecule is COC(=O)C1=NN[C@@]2(c3ccc(C)cc3)C(=O)N(c3ccc(C)cc3)C(=O)[C@H]12. The van der Waals surface area contributed by atoms with Crippen LogP contribution < -0.4 is 10.3 Å². The highest BCUT2D eigenvalue weighted by atomic mass is 16.5. The molecule has 142 valence electrons. The van der Waals surface area contributed by atoms with Gasteiger partial charge in [0.1, 0.15) is 5.92 Å². The van der Waals surface area contributed by atoms with Gasteiger partial charge in [0.2, 0.25) is 5.91 Å². The first-order valence-corrected chi connectivity index (χ1v) is 8.85. The van der Waals surface area contributed by atoms with E-state index in [1.165, 1.54) is 7.11 Å². The van der Waals surface area contributed by atoms with Crippen molar-refractivity contribution in [3.05, 3.63) is 65.2 Å². The van der Waals surface area contributed by atoms with Gasteiger partial charge in [-0.25, -0.2) is 9.69 Å². The highest BCUT2D eigenvalue weighted by molar-refractivity contribution is 6.47. The second-order valence-corrected chi connectivity index (χ2v) is 7.02. The maximum Gasteiger partial charge on any atom is 0.355 e. The summed E-state index contributed by atoms with van der Waals surface area (Å²) in [7, 11) is 1.22. The zero-order valence-corrected chi connectivity index (χ0v) is 15.7. The highest BCUT2D eigenvalue weighted by Gasteiger charge is 2.67. The smallest absolute Gasteiger partial charge is 0.355 e. The third-order valence-electron chi connectivity index (χ3n) is 5.26. The summed E-state index contributed by atoms with van der Waals surface area (Å²) in [5, 5.41) is 4.03. The lowest BCUT2D eigenvalue weighted by Gasteiger charge is -2.26. The largest absolute Gasteiger partial charge is 0.464 e. The topological polar surface area (TPSA) is 88.1 Å². The number of rotatable bonds is 3. The van der Waals surface area contributed by atoms with Gasteiger partial charge in [0.15, 0.2) is 11.3 Å². The van der Waals surface area contributed by atoms with Gasteiger partial charge in [-0.05, 0) is 31.5 Å². The molecule has 2 amide bonds. The number of hydrogen-bond acceptors (Lipinski definition) is 6. The molecule has 0 spiro atoms. The van der Waals surface area contributed by atoms with Crippen LogP contribution >= 0.6 is 0 Å². The van der Waals surface area contributed by atoms with Crippen molar-refractivity contribution in [2.24, 2.45) is 11.0 Å². The van der Waals surface area contributed by atoms with E-state index in [4.69, 9.17) is 4.74 Å². The number of hydrazone groups is 1. The number of esters is 1. The summed E-state index contributed by atoms with van der Waals surface area (Å²) in [6.07, 6.45) is 0. The van der Waals surface area contributed by atoms with E-state index in [0.29, 0.717) is 11.3 Å². The lowest BCUT2D eigenvalue weighted by molar-refractivity contribution is -0.133. The van der Waals surface area contributed by atoms with Gasteiger partial charge in [-0.2, -0.15) is 5.10 Å². The van der Waals surface area contributed by atoms with Gasteiger partial charge < -0.3 is 4.74 Å². The molecule has 2 aromatic rings. The van der Waals surface area contributed by atoms with Crippen LogP contribution in [-0.4, -0.2) is 30.6 Å². The van der Waals surface area contributed by atoms with Crippen LogP contribution in [0.25, 0.3) is 0 Å². The minimum Gasteiger partial charge on any atom is -0.464 e. The number of nitrogens with one attached hydrogen (secondary N) is 1. The average molecular weight is 377 g/mol. The normalized spacial score (nSPS) is 23.3. The van der Waals surface area contributed by atoms with Crippen molar-refractivity contribution in [2.75, 3.05) is 12.0 Å². The fourth-order valence-corrected chi connectivity index (χ4v) is 3.74.